The normalized spacial score (nSPS) is 21.3. The van der Waals surface area contributed by atoms with Gasteiger partial charge < -0.3 is 10.1 Å². The fourth-order valence-electron chi connectivity index (χ4n) is 3.55. The number of nitrogens with zero attached hydrogens (tertiary/aromatic N) is 1. The van der Waals surface area contributed by atoms with Crippen LogP contribution >= 0.6 is 22.6 Å². The quantitative estimate of drug-likeness (QED) is 0.630. The lowest BCUT2D eigenvalue weighted by Crippen LogP contribution is -2.45. The van der Waals surface area contributed by atoms with Crippen molar-refractivity contribution in [1.29, 1.82) is 0 Å². The van der Waals surface area contributed by atoms with Crippen molar-refractivity contribution in [2.75, 3.05) is 11.9 Å². The summed E-state index contributed by atoms with van der Waals surface area (Å²) in [7, 11) is 1.72. The number of ether oxygens (including phenoxy) is 1. The Balaban J connectivity index is 2.00. The van der Waals surface area contributed by atoms with Crippen molar-refractivity contribution in [3.8, 4) is 0 Å². The summed E-state index contributed by atoms with van der Waals surface area (Å²) in [6.45, 7) is 3.67. The van der Waals surface area contributed by atoms with Crippen LogP contribution in [0.2, 0.25) is 0 Å². The molecule has 8 heteroatoms. The number of H-pyrrole nitrogens is 1. The zero-order valence-electron chi connectivity index (χ0n) is 14.4. The monoisotopic (exact) mass is 469 g/mol. The van der Waals surface area contributed by atoms with Crippen molar-refractivity contribution < 1.29 is 13.9 Å². The first-order valence-corrected chi connectivity index (χ1v) is 9.21. The number of hydrogen-bond donors (Lipinski definition) is 2. The van der Waals surface area contributed by atoms with E-state index < -0.39 is 11.5 Å². The van der Waals surface area contributed by atoms with Gasteiger partial charge in [-0.25, -0.2) is 4.39 Å². The Morgan fingerprint density at radius 1 is 1.35 bits per heavy atom. The topological polar surface area (TPSA) is 76.1 Å². The Labute approximate surface area is 162 Å². The standard InChI is InChI=1S/C18H17FIN3O3/c1-18(2)15(24)13-11(7-26-18)21-16-14(17(25)22-23(16)3)12(13)8-4-5-9(19)10(20)6-8/h4-6,12,21H,7H2,1-3H3,(H,22,25). The van der Waals surface area contributed by atoms with Crippen LogP contribution in [0.1, 0.15) is 30.9 Å². The number of ketones is 1. The van der Waals surface area contributed by atoms with Crippen LogP contribution in [0.15, 0.2) is 34.3 Å². The van der Waals surface area contributed by atoms with Crippen molar-refractivity contribution in [2.45, 2.75) is 25.4 Å². The molecule has 0 saturated heterocycles. The molecule has 0 spiro atoms. The maximum atomic E-state index is 13.8. The number of rotatable bonds is 1. The SMILES string of the molecule is Cn1[nH]c(=O)c2c1NC1=C(C(=O)C(C)(C)OC1)C2c1ccc(F)c(I)c1. The summed E-state index contributed by atoms with van der Waals surface area (Å²) in [5, 5.41) is 5.90. The molecule has 0 saturated carbocycles. The van der Waals surface area contributed by atoms with Gasteiger partial charge in [-0.3, -0.25) is 19.4 Å². The zero-order chi connectivity index (χ0) is 18.8. The van der Waals surface area contributed by atoms with E-state index in [0.29, 0.717) is 31.8 Å². The molecule has 1 unspecified atom stereocenters. The van der Waals surface area contributed by atoms with Gasteiger partial charge in [0.1, 0.15) is 17.2 Å². The lowest BCUT2D eigenvalue weighted by atomic mass is 9.76. The minimum absolute atomic E-state index is 0.176. The number of carbonyl (C=O) groups excluding carboxylic acids is 1. The van der Waals surface area contributed by atoms with E-state index in [2.05, 4.69) is 10.4 Å². The van der Waals surface area contributed by atoms with Gasteiger partial charge in [0.05, 0.1) is 17.9 Å². The average molecular weight is 469 g/mol. The molecule has 2 aliphatic rings. The molecule has 0 aliphatic carbocycles. The molecule has 136 valence electrons. The molecule has 2 N–H and O–H groups in total. The van der Waals surface area contributed by atoms with Crippen molar-refractivity contribution >= 4 is 34.2 Å². The molecule has 26 heavy (non-hydrogen) atoms. The first kappa shape index (κ1) is 17.5. The fraction of sp³-hybridized carbons (Fsp3) is 0.333. The summed E-state index contributed by atoms with van der Waals surface area (Å²) in [6.07, 6.45) is 0. The molecule has 6 nitrogen and oxygen atoms in total. The van der Waals surface area contributed by atoms with Gasteiger partial charge in [-0.2, -0.15) is 0 Å². The summed E-state index contributed by atoms with van der Waals surface area (Å²) >= 11 is 1.91. The summed E-state index contributed by atoms with van der Waals surface area (Å²) in [6, 6.07) is 4.68. The molecule has 0 bridgehead atoms. The summed E-state index contributed by atoms with van der Waals surface area (Å²) < 4.78 is 21.5. The van der Waals surface area contributed by atoms with E-state index in [4.69, 9.17) is 4.74 Å². The van der Waals surface area contributed by atoms with Gasteiger partial charge in [-0.15, -0.1) is 0 Å². The number of aromatic amines is 1. The number of aromatic nitrogens is 2. The molecule has 1 aromatic carbocycles. The van der Waals surface area contributed by atoms with Crippen molar-refractivity contribution in [3.63, 3.8) is 0 Å². The number of halogens is 2. The van der Waals surface area contributed by atoms with Crippen LogP contribution in [-0.4, -0.2) is 27.8 Å². The van der Waals surface area contributed by atoms with Gasteiger partial charge in [0.15, 0.2) is 5.78 Å². The zero-order valence-corrected chi connectivity index (χ0v) is 16.6. The second-order valence-electron chi connectivity index (χ2n) is 7.01. The van der Waals surface area contributed by atoms with Gasteiger partial charge in [-0.1, -0.05) is 6.07 Å². The molecule has 1 atom stereocenters. The van der Waals surface area contributed by atoms with Crippen LogP contribution in [0.3, 0.4) is 0 Å². The smallest absolute Gasteiger partial charge is 0.270 e. The number of benzene rings is 1. The highest BCUT2D eigenvalue weighted by Crippen LogP contribution is 2.44. The Morgan fingerprint density at radius 3 is 2.77 bits per heavy atom. The van der Waals surface area contributed by atoms with Crippen LogP contribution in [0, 0.1) is 9.39 Å². The summed E-state index contributed by atoms with van der Waals surface area (Å²) in [5.74, 6) is -0.493. The van der Waals surface area contributed by atoms with Crippen molar-refractivity contribution in [3.05, 3.63) is 60.3 Å². The van der Waals surface area contributed by atoms with Crippen molar-refractivity contribution in [1.82, 2.24) is 9.78 Å². The van der Waals surface area contributed by atoms with Gasteiger partial charge in [0, 0.05) is 22.1 Å². The molecular weight excluding hydrogens is 452 g/mol. The third-order valence-electron chi connectivity index (χ3n) is 4.92. The molecule has 4 rings (SSSR count). The number of fused-ring (bicyclic) bond motifs is 1. The van der Waals surface area contributed by atoms with Crippen LogP contribution in [0.25, 0.3) is 0 Å². The van der Waals surface area contributed by atoms with E-state index in [0.717, 1.165) is 0 Å². The van der Waals surface area contributed by atoms with Crippen molar-refractivity contribution in [2.24, 2.45) is 7.05 Å². The van der Waals surface area contributed by atoms with Gasteiger partial charge in [-0.05, 0) is 54.1 Å². The number of aryl methyl sites for hydroxylation is 1. The Hall–Kier alpha value is -1.94. The molecule has 2 aromatic rings. The van der Waals surface area contributed by atoms with Crippen LogP contribution in [0.5, 0.6) is 0 Å². The van der Waals surface area contributed by atoms with Crippen LogP contribution < -0.4 is 10.9 Å². The maximum Gasteiger partial charge on any atom is 0.270 e. The number of anilines is 1. The minimum Gasteiger partial charge on any atom is -0.361 e. The second-order valence-corrected chi connectivity index (χ2v) is 8.18. The van der Waals surface area contributed by atoms with E-state index in [1.165, 1.54) is 6.07 Å². The summed E-state index contributed by atoms with van der Waals surface area (Å²) in [5.41, 5.74) is 1.05. The molecule has 0 radical (unpaired) electrons. The van der Waals surface area contributed by atoms with Gasteiger partial charge in [0.25, 0.3) is 5.56 Å². The number of carbonyl (C=O) groups is 1. The number of nitrogens with one attached hydrogen (secondary N) is 2. The first-order valence-electron chi connectivity index (χ1n) is 8.13. The van der Waals surface area contributed by atoms with Gasteiger partial charge >= 0.3 is 0 Å². The maximum absolute atomic E-state index is 13.8. The number of hydrogen-bond acceptors (Lipinski definition) is 4. The van der Waals surface area contributed by atoms with E-state index in [9.17, 15) is 14.0 Å². The Morgan fingerprint density at radius 2 is 2.08 bits per heavy atom. The fourth-order valence-corrected chi connectivity index (χ4v) is 4.09. The molecular formula is C18H17FIN3O3. The molecule has 2 aliphatic heterocycles. The molecule has 0 amide bonds. The van der Waals surface area contributed by atoms with E-state index in [1.807, 2.05) is 22.6 Å². The van der Waals surface area contributed by atoms with E-state index in [-0.39, 0.29) is 23.8 Å². The predicted octanol–water partition coefficient (Wildman–Crippen LogP) is 2.65. The highest BCUT2D eigenvalue weighted by molar-refractivity contribution is 14.1. The van der Waals surface area contributed by atoms with E-state index >= 15 is 0 Å². The highest BCUT2D eigenvalue weighted by atomic mass is 127. The van der Waals surface area contributed by atoms with Gasteiger partial charge in [0.2, 0.25) is 0 Å². The molecule has 0 fully saturated rings. The molecule has 1 aromatic heterocycles. The number of Topliss-reactive ketones (excluding diaryl/α,β-unsaturated/α-hetero) is 1. The lowest BCUT2D eigenvalue weighted by molar-refractivity contribution is -0.137. The molecule has 3 heterocycles. The summed E-state index contributed by atoms with van der Waals surface area (Å²) in [4.78, 5) is 25.7. The third kappa shape index (κ3) is 2.46. The highest BCUT2D eigenvalue weighted by Gasteiger charge is 2.45. The van der Waals surface area contributed by atoms with E-state index in [1.54, 1.807) is 37.7 Å². The first-order chi connectivity index (χ1) is 12.2. The second kappa shape index (κ2) is 5.78. The minimum atomic E-state index is -0.981. The van der Waals surface area contributed by atoms with Crippen LogP contribution in [0.4, 0.5) is 10.2 Å². The Bertz CT molecular complexity index is 1030. The largest absolute Gasteiger partial charge is 0.361 e. The van der Waals surface area contributed by atoms with Crippen LogP contribution in [-0.2, 0) is 16.6 Å². The third-order valence-corrected chi connectivity index (χ3v) is 5.75. The Kier molecular flexibility index (Phi) is 3.88. The average Bonchev–Trinajstić information content (AvgIpc) is 2.86. The predicted molar refractivity (Wildman–Crippen MR) is 103 cm³/mol. The lowest BCUT2D eigenvalue weighted by Gasteiger charge is -2.38.